The number of hydrogen-bond donors (Lipinski definition) is 0. The Balaban J connectivity index is 1.68. The molecular formula is C20H26N2O3. The number of ether oxygens (including phenoxy) is 2. The minimum atomic E-state index is -0.521. The predicted molar refractivity (Wildman–Crippen MR) is 95.7 cm³/mol. The highest BCUT2D eigenvalue weighted by molar-refractivity contribution is 5.84. The van der Waals surface area contributed by atoms with Gasteiger partial charge in [-0.25, -0.2) is 0 Å². The van der Waals surface area contributed by atoms with Crippen molar-refractivity contribution in [3.63, 3.8) is 0 Å². The third kappa shape index (κ3) is 3.70. The van der Waals surface area contributed by atoms with Gasteiger partial charge in [-0.15, -0.1) is 0 Å². The average Bonchev–Trinajstić information content (AvgIpc) is 3.31. The summed E-state index contributed by atoms with van der Waals surface area (Å²) < 4.78 is 13.0. The summed E-state index contributed by atoms with van der Waals surface area (Å²) in [5, 5.41) is 4.16. The number of esters is 1. The molecule has 0 aliphatic heterocycles. The maximum atomic E-state index is 12.9. The summed E-state index contributed by atoms with van der Waals surface area (Å²) in [6.07, 6.45) is 8.23. The van der Waals surface area contributed by atoms with Crippen molar-refractivity contribution in [2.24, 2.45) is 0 Å². The molecule has 0 bridgehead atoms. The van der Waals surface area contributed by atoms with Gasteiger partial charge in [0.1, 0.15) is 5.75 Å². The van der Waals surface area contributed by atoms with Crippen LogP contribution in [0.2, 0.25) is 0 Å². The van der Waals surface area contributed by atoms with Crippen molar-refractivity contribution in [3.8, 4) is 5.75 Å². The summed E-state index contributed by atoms with van der Waals surface area (Å²) in [5.41, 5.74) is 1.57. The molecule has 1 aliphatic carbocycles. The Kier molecular flexibility index (Phi) is 5.41. The predicted octanol–water partition coefficient (Wildman–Crippen LogP) is 3.65. The van der Waals surface area contributed by atoms with Gasteiger partial charge in [0.2, 0.25) is 0 Å². The number of nitrogens with zero attached hydrogens (tertiary/aromatic N) is 2. The number of rotatable bonds is 7. The second-order valence-electron chi connectivity index (χ2n) is 6.73. The van der Waals surface area contributed by atoms with E-state index >= 15 is 0 Å². The van der Waals surface area contributed by atoms with Crippen LogP contribution < -0.4 is 4.74 Å². The van der Waals surface area contributed by atoms with Gasteiger partial charge in [-0.05, 0) is 43.0 Å². The van der Waals surface area contributed by atoms with Gasteiger partial charge >= 0.3 is 5.97 Å². The minimum Gasteiger partial charge on any atom is -0.496 e. The van der Waals surface area contributed by atoms with E-state index in [4.69, 9.17) is 9.47 Å². The number of benzene rings is 1. The Hall–Kier alpha value is -2.30. The monoisotopic (exact) mass is 342 g/mol. The number of hydrogen-bond acceptors (Lipinski definition) is 4. The van der Waals surface area contributed by atoms with E-state index in [1.165, 1.54) is 0 Å². The standard InChI is InChI=1S/C20H26N2O3/c1-16-7-8-17(15-18(16)24-2)20(9-3-4-10-20)19(23)25-14-6-13-22-12-5-11-21-22/h5,7-8,11-12,15H,3-4,6,9-10,13-14H2,1-2H3. The first-order valence-corrected chi connectivity index (χ1v) is 8.95. The topological polar surface area (TPSA) is 53.4 Å². The molecule has 1 fully saturated rings. The molecule has 134 valence electrons. The molecule has 25 heavy (non-hydrogen) atoms. The highest BCUT2D eigenvalue weighted by Gasteiger charge is 2.44. The Morgan fingerprint density at radius 2 is 2.12 bits per heavy atom. The fraction of sp³-hybridized carbons (Fsp3) is 0.500. The zero-order valence-electron chi connectivity index (χ0n) is 15.0. The second-order valence-corrected chi connectivity index (χ2v) is 6.73. The zero-order valence-corrected chi connectivity index (χ0v) is 15.0. The molecule has 2 aromatic rings. The molecule has 0 saturated heterocycles. The van der Waals surface area contributed by atoms with Gasteiger partial charge in [-0.1, -0.05) is 25.0 Å². The van der Waals surface area contributed by atoms with Crippen LogP contribution in [0, 0.1) is 6.92 Å². The summed E-state index contributed by atoms with van der Waals surface area (Å²) >= 11 is 0. The van der Waals surface area contributed by atoms with E-state index in [-0.39, 0.29) is 5.97 Å². The van der Waals surface area contributed by atoms with Crippen LogP contribution in [0.15, 0.2) is 36.7 Å². The van der Waals surface area contributed by atoms with Gasteiger partial charge in [0.15, 0.2) is 0 Å². The highest BCUT2D eigenvalue weighted by Crippen LogP contribution is 2.43. The van der Waals surface area contributed by atoms with Gasteiger partial charge in [0.05, 0.1) is 19.1 Å². The summed E-state index contributed by atoms with van der Waals surface area (Å²) in [5.74, 6) is 0.728. The van der Waals surface area contributed by atoms with Gasteiger partial charge < -0.3 is 9.47 Å². The number of carbonyl (C=O) groups is 1. The smallest absolute Gasteiger partial charge is 0.316 e. The lowest BCUT2D eigenvalue weighted by atomic mass is 9.78. The van der Waals surface area contributed by atoms with Gasteiger partial charge in [-0.3, -0.25) is 9.48 Å². The molecule has 0 atom stereocenters. The molecule has 0 N–H and O–H groups in total. The Bertz CT molecular complexity index is 704. The number of aromatic nitrogens is 2. The van der Waals surface area contributed by atoms with E-state index in [1.807, 2.05) is 42.1 Å². The molecular weight excluding hydrogens is 316 g/mol. The lowest BCUT2D eigenvalue weighted by molar-refractivity contribution is -0.150. The molecule has 3 rings (SSSR count). The molecule has 1 aromatic heterocycles. The van der Waals surface area contributed by atoms with E-state index in [0.717, 1.165) is 55.5 Å². The van der Waals surface area contributed by atoms with Crippen molar-refractivity contribution in [1.82, 2.24) is 9.78 Å². The van der Waals surface area contributed by atoms with E-state index in [0.29, 0.717) is 6.61 Å². The quantitative estimate of drug-likeness (QED) is 0.569. The average molecular weight is 342 g/mol. The second kappa shape index (κ2) is 7.72. The first-order chi connectivity index (χ1) is 12.2. The summed E-state index contributed by atoms with van der Waals surface area (Å²) in [6.45, 7) is 3.19. The molecule has 5 nitrogen and oxygen atoms in total. The van der Waals surface area contributed by atoms with E-state index < -0.39 is 5.41 Å². The third-order valence-corrected chi connectivity index (χ3v) is 5.13. The van der Waals surface area contributed by atoms with Crippen LogP contribution in [0.4, 0.5) is 0 Å². The Labute approximate surface area is 148 Å². The summed E-state index contributed by atoms with van der Waals surface area (Å²) in [4.78, 5) is 12.9. The largest absolute Gasteiger partial charge is 0.496 e. The van der Waals surface area contributed by atoms with Gasteiger partial charge in [0, 0.05) is 25.4 Å². The van der Waals surface area contributed by atoms with E-state index in [1.54, 1.807) is 13.3 Å². The molecule has 5 heteroatoms. The van der Waals surface area contributed by atoms with Crippen molar-refractivity contribution in [1.29, 1.82) is 0 Å². The van der Waals surface area contributed by atoms with Crippen LogP contribution in [0.25, 0.3) is 0 Å². The van der Waals surface area contributed by atoms with Crippen molar-refractivity contribution < 1.29 is 14.3 Å². The van der Waals surface area contributed by atoms with E-state index in [9.17, 15) is 4.79 Å². The molecule has 0 spiro atoms. The zero-order chi connectivity index (χ0) is 17.7. The SMILES string of the molecule is COc1cc(C2(C(=O)OCCCn3cccn3)CCCC2)ccc1C. The third-order valence-electron chi connectivity index (χ3n) is 5.13. The maximum absolute atomic E-state index is 12.9. The Morgan fingerprint density at radius 1 is 1.32 bits per heavy atom. The molecule has 0 radical (unpaired) electrons. The first kappa shape index (κ1) is 17.5. The van der Waals surface area contributed by atoms with Crippen LogP contribution in [-0.4, -0.2) is 29.5 Å². The number of aryl methyl sites for hydroxylation is 2. The summed E-state index contributed by atoms with van der Waals surface area (Å²) in [6, 6.07) is 7.98. The highest BCUT2D eigenvalue weighted by atomic mass is 16.5. The van der Waals surface area contributed by atoms with Crippen LogP contribution in [-0.2, 0) is 21.5 Å². The van der Waals surface area contributed by atoms with Crippen molar-refractivity contribution in [2.75, 3.05) is 13.7 Å². The van der Waals surface area contributed by atoms with Crippen molar-refractivity contribution in [3.05, 3.63) is 47.8 Å². The lowest BCUT2D eigenvalue weighted by Gasteiger charge is -2.28. The molecule has 1 heterocycles. The van der Waals surface area contributed by atoms with Gasteiger partial charge in [0.25, 0.3) is 0 Å². The summed E-state index contributed by atoms with van der Waals surface area (Å²) in [7, 11) is 1.67. The molecule has 0 unspecified atom stereocenters. The fourth-order valence-electron chi connectivity index (χ4n) is 3.67. The minimum absolute atomic E-state index is 0.101. The Morgan fingerprint density at radius 3 is 2.80 bits per heavy atom. The molecule has 1 aromatic carbocycles. The fourth-order valence-corrected chi connectivity index (χ4v) is 3.67. The van der Waals surface area contributed by atoms with Crippen molar-refractivity contribution in [2.45, 2.75) is 51.0 Å². The van der Waals surface area contributed by atoms with E-state index in [2.05, 4.69) is 5.10 Å². The maximum Gasteiger partial charge on any atom is 0.316 e. The van der Waals surface area contributed by atoms with Crippen LogP contribution in [0.1, 0.15) is 43.2 Å². The number of methoxy groups -OCH3 is 1. The van der Waals surface area contributed by atoms with Crippen LogP contribution in [0.5, 0.6) is 5.75 Å². The first-order valence-electron chi connectivity index (χ1n) is 8.95. The van der Waals surface area contributed by atoms with Crippen LogP contribution >= 0.6 is 0 Å². The van der Waals surface area contributed by atoms with Crippen molar-refractivity contribution >= 4 is 5.97 Å². The molecule has 1 aliphatic rings. The lowest BCUT2D eigenvalue weighted by Crippen LogP contribution is -2.35. The molecule has 0 amide bonds. The van der Waals surface area contributed by atoms with Crippen LogP contribution in [0.3, 0.4) is 0 Å². The number of carbonyl (C=O) groups excluding carboxylic acids is 1. The normalized spacial score (nSPS) is 15.9. The van der Waals surface area contributed by atoms with Gasteiger partial charge in [-0.2, -0.15) is 5.10 Å². The molecule has 1 saturated carbocycles.